The van der Waals surface area contributed by atoms with E-state index in [-0.39, 0.29) is 0 Å². The summed E-state index contributed by atoms with van der Waals surface area (Å²) in [6, 6.07) is 0. The Hall–Kier alpha value is -1.12. The summed E-state index contributed by atoms with van der Waals surface area (Å²) in [6.07, 6.45) is 1.52. The van der Waals surface area contributed by atoms with Gasteiger partial charge in [-0.3, -0.25) is 4.99 Å². The van der Waals surface area contributed by atoms with Gasteiger partial charge in [0, 0.05) is 6.54 Å². The molecule has 0 aliphatic heterocycles. The highest BCUT2D eigenvalue weighted by Gasteiger charge is 1.83. The fourth-order valence-corrected chi connectivity index (χ4v) is 0.382. The maximum atomic E-state index is 3.94. The van der Waals surface area contributed by atoms with Crippen LogP contribution in [0.2, 0.25) is 0 Å². The third kappa shape index (κ3) is 3.46. The summed E-state index contributed by atoms with van der Waals surface area (Å²) in [5.41, 5.74) is 0. The Bertz CT molecular complexity index is 126. The Labute approximate surface area is 55.2 Å². The Morgan fingerprint density at radius 1 is 1.78 bits per heavy atom. The molecule has 0 bridgehead atoms. The Morgan fingerprint density at radius 2 is 2.44 bits per heavy atom. The highest BCUT2D eigenvalue weighted by atomic mass is 15.1. The minimum absolute atomic E-state index is 0.521. The molecule has 0 aromatic heterocycles. The van der Waals surface area contributed by atoms with E-state index in [9.17, 15) is 0 Å². The fourth-order valence-electron chi connectivity index (χ4n) is 0.382. The van der Waals surface area contributed by atoms with E-state index in [0.29, 0.717) is 12.5 Å². The normalized spacial score (nSPS) is 10.6. The van der Waals surface area contributed by atoms with Gasteiger partial charge in [0.2, 0.25) is 5.96 Å². The van der Waals surface area contributed by atoms with Crippen molar-refractivity contribution in [1.29, 1.82) is 0 Å². The second-order valence-corrected chi connectivity index (χ2v) is 1.30. The van der Waals surface area contributed by atoms with Crippen LogP contribution in [-0.2, 0) is 0 Å². The Kier molecular flexibility index (Phi) is 4.40. The van der Waals surface area contributed by atoms with Gasteiger partial charge in [0.05, 0.1) is 0 Å². The molecule has 0 aromatic carbocycles. The first-order chi connectivity index (χ1) is 4.35. The highest BCUT2D eigenvalue weighted by molar-refractivity contribution is 5.84. The first-order valence-corrected chi connectivity index (χ1v) is 2.73. The molecule has 0 saturated carbocycles. The van der Waals surface area contributed by atoms with Gasteiger partial charge in [0.1, 0.15) is 0 Å². The number of nitrogens with one attached hydrogen (secondary N) is 1. The number of nitrogens with zero attached hydrogens (tertiary/aromatic N) is 2. The molecule has 0 spiro atoms. The first kappa shape index (κ1) is 7.88. The van der Waals surface area contributed by atoms with Gasteiger partial charge in [-0.25, -0.2) is 4.99 Å². The quantitative estimate of drug-likeness (QED) is 0.430. The summed E-state index contributed by atoms with van der Waals surface area (Å²) in [6.45, 7) is 9.39. The van der Waals surface area contributed by atoms with Crippen molar-refractivity contribution in [3.63, 3.8) is 0 Å². The molecular weight excluding hydrogens is 114 g/mol. The number of hydrogen-bond acceptors (Lipinski definition) is 1. The number of guanidine groups is 1. The largest absolute Gasteiger partial charge is 0.332 e. The van der Waals surface area contributed by atoms with E-state index in [0.717, 1.165) is 0 Å². The monoisotopic (exact) mass is 125 g/mol. The maximum Gasteiger partial charge on any atom is 0.221 e. The van der Waals surface area contributed by atoms with Crippen LogP contribution >= 0.6 is 0 Å². The van der Waals surface area contributed by atoms with Crippen LogP contribution in [0.1, 0.15) is 6.92 Å². The lowest BCUT2D eigenvalue weighted by Crippen LogP contribution is -2.13. The summed E-state index contributed by atoms with van der Waals surface area (Å²) < 4.78 is 0. The number of rotatable bonds is 2. The summed E-state index contributed by atoms with van der Waals surface area (Å²) in [4.78, 5) is 7.52. The molecule has 0 heterocycles. The lowest BCUT2D eigenvalue weighted by molar-refractivity contribution is 1.08. The average molecular weight is 125 g/mol. The number of hydrogen-bond donors (Lipinski definition) is 1. The third-order valence-corrected chi connectivity index (χ3v) is 0.689. The van der Waals surface area contributed by atoms with E-state index in [4.69, 9.17) is 0 Å². The van der Waals surface area contributed by atoms with Crippen LogP contribution < -0.4 is 5.32 Å². The smallest absolute Gasteiger partial charge is 0.221 e. The zero-order chi connectivity index (χ0) is 7.11. The molecule has 50 valence electrons. The van der Waals surface area contributed by atoms with Gasteiger partial charge in [-0.15, -0.1) is 0 Å². The summed E-state index contributed by atoms with van der Waals surface area (Å²) in [5.74, 6) is 0.521. The molecule has 0 aromatic rings. The Balaban J connectivity index is 3.80. The van der Waals surface area contributed by atoms with Crippen LogP contribution in [0.4, 0.5) is 0 Å². The van der Waals surface area contributed by atoms with E-state index < -0.39 is 0 Å². The third-order valence-electron chi connectivity index (χ3n) is 0.689. The molecule has 0 aliphatic carbocycles. The molecule has 0 aliphatic rings. The molecule has 0 fully saturated rings. The van der Waals surface area contributed by atoms with Crippen molar-refractivity contribution in [1.82, 2.24) is 5.32 Å². The van der Waals surface area contributed by atoms with Crippen molar-refractivity contribution in [2.24, 2.45) is 9.98 Å². The van der Waals surface area contributed by atoms with Crippen molar-refractivity contribution in [3.8, 4) is 0 Å². The van der Waals surface area contributed by atoms with Gasteiger partial charge in [-0.05, 0) is 19.8 Å². The van der Waals surface area contributed by atoms with E-state index in [2.05, 4.69) is 28.6 Å². The van der Waals surface area contributed by atoms with Gasteiger partial charge >= 0.3 is 0 Å². The minimum atomic E-state index is 0.521. The van der Waals surface area contributed by atoms with Crippen molar-refractivity contribution < 1.29 is 0 Å². The zero-order valence-corrected chi connectivity index (χ0v) is 5.59. The minimum Gasteiger partial charge on any atom is -0.332 e. The van der Waals surface area contributed by atoms with Crippen molar-refractivity contribution in [3.05, 3.63) is 12.8 Å². The molecule has 1 N–H and O–H groups in total. The molecule has 3 heteroatoms. The molecule has 0 amide bonds. The van der Waals surface area contributed by atoms with Gasteiger partial charge in [-0.1, -0.05) is 6.58 Å². The van der Waals surface area contributed by atoms with Gasteiger partial charge < -0.3 is 5.32 Å². The second-order valence-electron chi connectivity index (χ2n) is 1.30. The standard InChI is InChI=1S/C6H11N3/c1-4-8-6(7-3)9-5-2/h4H,1,3,5H2,2H3,(H,8,9). The van der Waals surface area contributed by atoms with Crippen molar-refractivity contribution in [2.75, 3.05) is 6.54 Å². The van der Waals surface area contributed by atoms with Gasteiger partial charge in [0.25, 0.3) is 0 Å². The van der Waals surface area contributed by atoms with Crippen LogP contribution in [-0.4, -0.2) is 19.2 Å². The van der Waals surface area contributed by atoms with Crippen LogP contribution in [0, 0.1) is 0 Å². The Morgan fingerprint density at radius 3 is 2.78 bits per heavy atom. The maximum absolute atomic E-state index is 3.94. The molecule has 0 unspecified atom stereocenters. The lowest BCUT2D eigenvalue weighted by atomic mass is 10.7. The van der Waals surface area contributed by atoms with Crippen LogP contribution in [0.5, 0.6) is 0 Å². The second kappa shape index (κ2) is 5.03. The molecule has 0 saturated heterocycles. The lowest BCUT2D eigenvalue weighted by Gasteiger charge is -1.94. The first-order valence-electron chi connectivity index (χ1n) is 2.73. The summed E-state index contributed by atoms with van der Waals surface area (Å²) in [7, 11) is 0. The topological polar surface area (TPSA) is 36.8 Å². The van der Waals surface area contributed by atoms with Crippen LogP contribution in [0.3, 0.4) is 0 Å². The summed E-state index contributed by atoms with van der Waals surface area (Å²) >= 11 is 0. The predicted molar refractivity (Wildman–Crippen MR) is 40.9 cm³/mol. The SMILES string of the molecule is C=CNC(N=C)=NCC. The molecule has 0 radical (unpaired) electrons. The van der Waals surface area contributed by atoms with Gasteiger partial charge in [-0.2, -0.15) is 0 Å². The van der Waals surface area contributed by atoms with Crippen molar-refractivity contribution in [2.45, 2.75) is 6.92 Å². The molecular formula is C6H11N3. The predicted octanol–water partition coefficient (Wildman–Crippen LogP) is 0.796. The zero-order valence-electron chi connectivity index (χ0n) is 5.59. The average Bonchev–Trinajstić information content (AvgIpc) is 1.88. The number of aliphatic imine (C=N–C) groups is 2. The molecule has 3 nitrogen and oxygen atoms in total. The molecule has 0 atom stereocenters. The van der Waals surface area contributed by atoms with E-state index >= 15 is 0 Å². The fraction of sp³-hybridized carbons (Fsp3) is 0.333. The van der Waals surface area contributed by atoms with Crippen molar-refractivity contribution >= 4 is 12.7 Å². The summed E-state index contributed by atoms with van der Waals surface area (Å²) in [5, 5.41) is 2.72. The molecule has 0 rings (SSSR count). The van der Waals surface area contributed by atoms with E-state index in [1.165, 1.54) is 6.20 Å². The highest BCUT2D eigenvalue weighted by Crippen LogP contribution is 1.74. The van der Waals surface area contributed by atoms with Crippen LogP contribution in [0.15, 0.2) is 22.8 Å². The van der Waals surface area contributed by atoms with E-state index in [1.54, 1.807) is 0 Å². The molecule has 9 heavy (non-hydrogen) atoms. The van der Waals surface area contributed by atoms with Crippen LogP contribution in [0.25, 0.3) is 0 Å². The van der Waals surface area contributed by atoms with Gasteiger partial charge in [0.15, 0.2) is 0 Å². The van der Waals surface area contributed by atoms with E-state index in [1.807, 2.05) is 6.92 Å².